The lowest BCUT2D eigenvalue weighted by molar-refractivity contribution is 0.425. The van der Waals surface area contributed by atoms with Gasteiger partial charge in [0, 0.05) is 32.4 Å². The molecule has 1 aliphatic heterocycles. The minimum absolute atomic E-state index is 0.0688. The van der Waals surface area contributed by atoms with Gasteiger partial charge in [0.05, 0.1) is 0 Å². The highest BCUT2D eigenvalue weighted by Crippen LogP contribution is 2.36. The van der Waals surface area contributed by atoms with E-state index in [0.717, 1.165) is 16.8 Å². The van der Waals surface area contributed by atoms with Crippen molar-refractivity contribution in [3.8, 4) is 0 Å². The monoisotopic (exact) mass is 404 g/mol. The van der Waals surface area contributed by atoms with Gasteiger partial charge in [-0.25, -0.2) is 0 Å². The maximum Gasteiger partial charge on any atom is 0.488 e. The molecule has 8 nitrogen and oxygen atoms in total. The van der Waals surface area contributed by atoms with E-state index in [-0.39, 0.29) is 6.04 Å². The molecule has 1 aliphatic rings. The van der Waals surface area contributed by atoms with Gasteiger partial charge in [-0.1, -0.05) is 42.5 Å². The van der Waals surface area contributed by atoms with Crippen LogP contribution in [0.3, 0.4) is 0 Å². The number of hydrogen-bond donors (Lipinski definition) is 3. The molecule has 1 unspecified atom stereocenters. The number of rotatable bonds is 6. The van der Waals surface area contributed by atoms with Crippen molar-refractivity contribution in [1.29, 1.82) is 0 Å². The molecule has 0 radical (unpaired) electrons. The highest BCUT2D eigenvalue weighted by atomic mass is 16.4. The van der Waals surface area contributed by atoms with Crippen LogP contribution in [0.2, 0.25) is 0 Å². The first kappa shape index (κ1) is 20.1. The van der Waals surface area contributed by atoms with Gasteiger partial charge in [-0.15, -0.1) is 0 Å². The van der Waals surface area contributed by atoms with E-state index in [0.29, 0.717) is 36.3 Å². The minimum Gasteiger partial charge on any atom is -0.423 e. The summed E-state index contributed by atoms with van der Waals surface area (Å²) >= 11 is 0. The lowest BCUT2D eigenvalue weighted by atomic mass is 9.76. The Hall–Kier alpha value is -3.17. The van der Waals surface area contributed by atoms with Crippen molar-refractivity contribution < 1.29 is 10.0 Å². The molecule has 0 saturated heterocycles. The van der Waals surface area contributed by atoms with Crippen LogP contribution in [-0.2, 0) is 13.0 Å². The molecule has 30 heavy (non-hydrogen) atoms. The molecule has 9 heteroatoms. The summed E-state index contributed by atoms with van der Waals surface area (Å²) in [6.45, 7) is 2.67. The Balaban J connectivity index is 1.71. The number of nitrogens with zero attached hydrogens (tertiary/aromatic N) is 5. The number of aromatic nitrogens is 3. The summed E-state index contributed by atoms with van der Waals surface area (Å²) in [5.41, 5.74) is 3.45. The molecule has 0 aliphatic carbocycles. The van der Waals surface area contributed by atoms with E-state index >= 15 is 0 Å². The maximum absolute atomic E-state index is 9.75. The smallest absolute Gasteiger partial charge is 0.423 e. The highest BCUT2D eigenvalue weighted by molar-refractivity contribution is 6.59. The number of benzene rings is 2. The van der Waals surface area contributed by atoms with Crippen LogP contribution in [-0.4, -0.2) is 52.3 Å². The van der Waals surface area contributed by atoms with Crippen molar-refractivity contribution in [3.05, 3.63) is 59.7 Å². The van der Waals surface area contributed by atoms with Crippen LogP contribution in [0.25, 0.3) is 0 Å². The number of nitrogens with one attached hydrogen (secondary N) is 1. The lowest BCUT2D eigenvalue weighted by Gasteiger charge is -2.24. The molecule has 1 aromatic heterocycles. The van der Waals surface area contributed by atoms with Gasteiger partial charge in [-0.2, -0.15) is 15.0 Å². The average molecular weight is 404 g/mol. The summed E-state index contributed by atoms with van der Waals surface area (Å²) in [6, 6.07) is 15.7. The van der Waals surface area contributed by atoms with Crippen molar-refractivity contribution in [3.63, 3.8) is 0 Å². The van der Waals surface area contributed by atoms with Crippen molar-refractivity contribution in [2.24, 2.45) is 0 Å². The zero-order chi connectivity index (χ0) is 21.3. The Morgan fingerprint density at radius 2 is 1.83 bits per heavy atom. The molecular weight excluding hydrogens is 379 g/mol. The van der Waals surface area contributed by atoms with Gasteiger partial charge in [0.15, 0.2) is 0 Å². The number of anilines is 4. The molecule has 2 aromatic carbocycles. The first-order valence-electron chi connectivity index (χ1n) is 9.92. The quantitative estimate of drug-likeness (QED) is 0.530. The van der Waals surface area contributed by atoms with E-state index in [1.165, 1.54) is 0 Å². The van der Waals surface area contributed by atoms with E-state index in [1.54, 1.807) is 6.07 Å². The molecule has 3 aromatic rings. The first-order chi connectivity index (χ1) is 14.4. The summed E-state index contributed by atoms with van der Waals surface area (Å²) < 4.78 is 0. The van der Waals surface area contributed by atoms with Crippen LogP contribution in [0, 0.1) is 0 Å². The SMILES string of the molecule is CC1Cc2c(B(O)O)cccc2N1c1nc(NCc2ccccc2)nc(N(C)C)n1. The van der Waals surface area contributed by atoms with Gasteiger partial charge >= 0.3 is 7.12 Å². The maximum atomic E-state index is 9.75. The molecule has 0 saturated carbocycles. The zero-order valence-corrected chi connectivity index (χ0v) is 17.3. The van der Waals surface area contributed by atoms with E-state index < -0.39 is 7.12 Å². The predicted octanol–water partition coefficient (Wildman–Crippen LogP) is 1.31. The highest BCUT2D eigenvalue weighted by Gasteiger charge is 2.33. The molecule has 1 atom stereocenters. The number of hydrogen-bond acceptors (Lipinski definition) is 8. The van der Waals surface area contributed by atoms with Crippen LogP contribution in [0.1, 0.15) is 18.1 Å². The van der Waals surface area contributed by atoms with Crippen LogP contribution >= 0.6 is 0 Å². The molecule has 2 heterocycles. The molecule has 154 valence electrons. The second-order valence-electron chi connectivity index (χ2n) is 7.63. The van der Waals surface area contributed by atoms with Crippen molar-refractivity contribution >= 4 is 36.1 Å². The third-order valence-electron chi connectivity index (χ3n) is 5.19. The topological polar surface area (TPSA) is 97.6 Å². The fraction of sp³-hybridized carbons (Fsp3) is 0.286. The molecule has 0 fully saturated rings. The normalized spacial score (nSPS) is 15.1. The molecule has 0 amide bonds. The van der Waals surface area contributed by atoms with E-state index in [4.69, 9.17) is 0 Å². The fourth-order valence-electron chi connectivity index (χ4n) is 3.73. The second kappa shape index (κ2) is 8.29. The molecule has 3 N–H and O–H groups in total. The van der Waals surface area contributed by atoms with Crippen LogP contribution in [0.4, 0.5) is 23.5 Å². The summed E-state index contributed by atoms with van der Waals surface area (Å²) in [5, 5.41) is 22.8. The van der Waals surface area contributed by atoms with Gasteiger partial charge in [0.25, 0.3) is 0 Å². The second-order valence-corrected chi connectivity index (χ2v) is 7.63. The summed E-state index contributed by atoms with van der Waals surface area (Å²) in [7, 11) is 2.27. The Morgan fingerprint density at radius 1 is 1.07 bits per heavy atom. The minimum atomic E-state index is -1.51. The van der Waals surface area contributed by atoms with E-state index in [1.807, 2.05) is 66.4 Å². The van der Waals surface area contributed by atoms with Gasteiger partial charge in [0.1, 0.15) is 0 Å². The molecular formula is C21H25BN6O2. The van der Waals surface area contributed by atoms with Crippen molar-refractivity contribution in [2.45, 2.75) is 25.9 Å². The average Bonchev–Trinajstić information content (AvgIpc) is 3.08. The predicted molar refractivity (Wildman–Crippen MR) is 119 cm³/mol. The third kappa shape index (κ3) is 3.94. The molecule has 4 rings (SSSR count). The van der Waals surface area contributed by atoms with E-state index in [9.17, 15) is 10.0 Å². The summed E-state index contributed by atoms with van der Waals surface area (Å²) in [4.78, 5) is 17.7. The van der Waals surface area contributed by atoms with Crippen LogP contribution in [0.5, 0.6) is 0 Å². The van der Waals surface area contributed by atoms with Gasteiger partial charge in [-0.05, 0) is 36.0 Å². The standard InChI is InChI=1S/C21H25BN6O2/c1-14-12-16-17(22(29)30)10-7-11-18(16)28(14)21-25-19(24-20(26-21)27(2)3)23-13-15-8-5-4-6-9-15/h4-11,14,29-30H,12-13H2,1-3H3,(H,23,24,25,26). The van der Waals surface area contributed by atoms with Crippen molar-refractivity contribution in [2.75, 3.05) is 29.2 Å². The van der Waals surface area contributed by atoms with Crippen LogP contribution < -0.4 is 20.6 Å². The largest absolute Gasteiger partial charge is 0.488 e. The fourth-order valence-corrected chi connectivity index (χ4v) is 3.73. The Labute approximate surface area is 176 Å². The van der Waals surface area contributed by atoms with Gasteiger partial charge in [-0.3, -0.25) is 0 Å². The molecule has 0 bridgehead atoms. The summed E-state index contributed by atoms with van der Waals surface area (Å²) in [5.74, 6) is 1.57. The van der Waals surface area contributed by atoms with E-state index in [2.05, 4.69) is 27.2 Å². The summed E-state index contributed by atoms with van der Waals surface area (Å²) in [6.07, 6.45) is 0.679. The van der Waals surface area contributed by atoms with Gasteiger partial charge < -0.3 is 25.2 Å². The van der Waals surface area contributed by atoms with Crippen LogP contribution in [0.15, 0.2) is 48.5 Å². The lowest BCUT2D eigenvalue weighted by Crippen LogP contribution is -2.32. The first-order valence-corrected chi connectivity index (χ1v) is 9.92. The van der Waals surface area contributed by atoms with Gasteiger partial charge in [0.2, 0.25) is 17.8 Å². The third-order valence-corrected chi connectivity index (χ3v) is 5.19. The number of fused-ring (bicyclic) bond motifs is 1. The Morgan fingerprint density at radius 3 is 2.53 bits per heavy atom. The molecule has 0 spiro atoms. The van der Waals surface area contributed by atoms with Crippen molar-refractivity contribution in [1.82, 2.24) is 15.0 Å². The zero-order valence-electron chi connectivity index (χ0n) is 17.3. The Bertz CT molecular complexity index is 1030. The Kier molecular flexibility index (Phi) is 5.56.